The summed E-state index contributed by atoms with van der Waals surface area (Å²) in [5.41, 5.74) is 5.98. The van der Waals surface area contributed by atoms with Crippen LogP contribution in [0.2, 0.25) is 0 Å². The smallest absolute Gasteiger partial charge is 0.335 e. The van der Waals surface area contributed by atoms with Gasteiger partial charge in [-0.15, -0.1) is 0 Å². The van der Waals surface area contributed by atoms with Crippen molar-refractivity contribution in [1.82, 2.24) is 5.43 Å². The maximum Gasteiger partial charge on any atom is 0.335 e. The van der Waals surface area contributed by atoms with E-state index >= 15 is 0 Å². The molecule has 3 aromatic carbocycles. The van der Waals surface area contributed by atoms with Gasteiger partial charge in [0.05, 0.1) is 22.9 Å². The Bertz CT molecular complexity index is 1270. The molecule has 0 unspecified atom stereocenters. The molecular weight excluding hydrogens is 538 g/mol. The lowest BCUT2D eigenvalue weighted by molar-refractivity contribution is 0.0696. The monoisotopic (exact) mass is 565 g/mol. The van der Waals surface area contributed by atoms with Crippen molar-refractivity contribution in [2.45, 2.75) is 26.4 Å². The second-order valence-corrected chi connectivity index (χ2v) is 9.35. The first-order valence-corrected chi connectivity index (χ1v) is 12.8. The predicted molar refractivity (Wildman–Crippen MR) is 146 cm³/mol. The van der Waals surface area contributed by atoms with Gasteiger partial charge in [-0.25, -0.2) is 10.2 Å². The summed E-state index contributed by atoms with van der Waals surface area (Å²) in [7, 11) is 0. The molecule has 37 heavy (non-hydrogen) atoms. The number of benzene rings is 3. The van der Waals surface area contributed by atoms with E-state index in [4.69, 9.17) is 14.6 Å². The van der Waals surface area contributed by atoms with Crippen LogP contribution in [0.5, 0.6) is 11.5 Å². The van der Waals surface area contributed by atoms with E-state index in [9.17, 15) is 9.59 Å². The number of anilines is 1. The number of carboxylic acids is 1. The molecule has 1 saturated heterocycles. The SMILES string of the molecule is CCOc1cc(/C=N\NC(=O)c2ccc(N3CCCC3)cc2)cc(Br)c1OCc1ccc(C(=O)O)cc1. The standard InChI is InChI=1S/C28H28BrN3O5/c1-2-36-25-16-20(15-24(29)26(25)37-18-19-5-7-22(8-6-19)28(34)35)17-30-31-27(33)21-9-11-23(12-10-21)32-13-3-4-14-32/h5-12,15-17H,2-4,13-14,18H2,1H3,(H,31,33)(H,34,35)/b30-17-. The van der Waals surface area contributed by atoms with E-state index in [-0.39, 0.29) is 18.1 Å². The minimum Gasteiger partial charge on any atom is -0.490 e. The summed E-state index contributed by atoms with van der Waals surface area (Å²) in [5.74, 6) is -0.229. The van der Waals surface area contributed by atoms with Gasteiger partial charge in [-0.2, -0.15) is 5.10 Å². The molecule has 0 saturated carbocycles. The highest BCUT2D eigenvalue weighted by Gasteiger charge is 2.14. The Hall–Kier alpha value is -3.85. The summed E-state index contributed by atoms with van der Waals surface area (Å²) >= 11 is 3.53. The minimum atomic E-state index is -0.974. The van der Waals surface area contributed by atoms with E-state index in [0.29, 0.717) is 33.7 Å². The van der Waals surface area contributed by atoms with Gasteiger partial charge in [0, 0.05) is 24.3 Å². The van der Waals surface area contributed by atoms with Crippen LogP contribution >= 0.6 is 15.9 Å². The van der Waals surface area contributed by atoms with Gasteiger partial charge in [0.2, 0.25) is 0 Å². The Labute approximate surface area is 224 Å². The van der Waals surface area contributed by atoms with Gasteiger partial charge < -0.3 is 19.5 Å². The van der Waals surface area contributed by atoms with Gasteiger partial charge in [-0.05, 0) is 95.4 Å². The number of carbonyl (C=O) groups is 2. The van der Waals surface area contributed by atoms with Crippen LogP contribution in [-0.2, 0) is 6.61 Å². The third-order valence-electron chi connectivity index (χ3n) is 5.90. The Morgan fingerprint density at radius 2 is 1.70 bits per heavy atom. The van der Waals surface area contributed by atoms with Gasteiger partial charge in [0.15, 0.2) is 11.5 Å². The van der Waals surface area contributed by atoms with E-state index in [1.54, 1.807) is 18.2 Å². The summed E-state index contributed by atoms with van der Waals surface area (Å²) in [6, 6.07) is 17.6. The predicted octanol–water partition coefficient (Wildman–Crippen LogP) is 5.49. The average molecular weight is 566 g/mol. The van der Waals surface area contributed by atoms with Crippen molar-refractivity contribution >= 4 is 39.7 Å². The number of amides is 1. The first kappa shape index (κ1) is 26.2. The molecule has 4 rings (SSSR count). The number of hydrogen-bond acceptors (Lipinski definition) is 6. The van der Waals surface area contributed by atoms with E-state index in [2.05, 4.69) is 31.4 Å². The Morgan fingerprint density at radius 1 is 1.03 bits per heavy atom. The van der Waals surface area contributed by atoms with Gasteiger partial charge in [0.25, 0.3) is 5.91 Å². The van der Waals surface area contributed by atoms with E-state index in [1.807, 2.05) is 37.3 Å². The van der Waals surface area contributed by atoms with Crippen molar-refractivity contribution in [3.8, 4) is 11.5 Å². The molecule has 0 atom stereocenters. The molecule has 1 aliphatic rings. The van der Waals surface area contributed by atoms with Crippen LogP contribution in [0.25, 0.3) is 0 Å². The number of halogens is 1. The van der Waals surface area contributed by atoms with Crippen molar-refractivity contribution in [1.29, 1.82) is 0 Å². The van der Waals surface area contributed by atoms with Crippen LogP contribution in [0, 0.1) is 0 Å². The number of nitrogens with zero attached hydrogens (tertiary/aromatic N) is 2. The summed E-state index contributed by atoms with van der Waals surface area (Å²) in [6.07, 6.45) is 3.94. The molecule has 9 heteroatoms. The van der Waals surface area contributed by atoms with Gasteiger partial charge >= 0.3 is 5.97 Å². The third kappa shape index (κ3) is 6.89. The number of hydrogen-bond donors (Lipinski definition) is 2. The first-order chi connectivity index (χ1) is 17.9. The van der Waals surface area contributed by atoms with Crippen molar-refractivity contribution in [3.63, 3.8) is 0 Å². The fourth-order valence-corrected chi connectivity index (χ4v) is 4.57. The maximum absolute atomic E-state index is 12.5. The molecule has 1 heterocycles. The van der Waals surface area contributed by atoms with Crippen molar-refractivity contribution in [2.24, 2.45) is 5.10 Å². The van der Waals surface area contributed by atoms with Crippen LogP contribution < -0.4 is 19.8 Å². The average Bonchev–Trinajstić information content (AvgIpc) is 3.44. The number of nitrogens with one attached hydrogen (secondary N) is 1. The van der Waals surface area contributed by atoms with Crippen LogP contribution in [0.3, 0.4) is 0 Å². The fraction of sp³-hybridized carbons (Fsp3) is 0.250. The normalized spacial score (nSPS) is 13.1. The highest BCUT2D eigenvalue weighted by molar-refractivity contribution is 9.10. The molecule has 0 spiro atoms. The second-order valence-electron chi connectivity index (χ2n) is 8.49. The third-order valence-corrected chi connectivity index (χ3v) is 6.49. The van der Waals surface area contributed by atoms with Crippen LogP contribution in [-0.4, -0.2) is 42.9 Å². The molecule has 8 nitrogen and oxygen atoms in total. The molecule has 1 fully saturated rings. The Balaban J connectivity index is 1.39. The molecule has 2 N–H and O–H groups in total. The molecule has 0 radical (unpaired) electrons. The van der Waals surface area contributed by atoms with Gasteiger partial charge in [0.1, 0.15) is 6.61 Å². The molecule has 1 amide bonds. The van der Waals surface area contributed by atoms with Gasteiger partial charge in [-0.3, -0.25) is 4.79 Å². The summed E-state index contributed by atoms with van der Waals surface area (Å²) in [5, 5.41) is 13.2. The molecule has 1 aliphatic heterocycles. The fourth-order valence-electron chi connectivity index (χ4n) is 3.99. The number of hydrazone groups is 1. The lowest BCUT2D eigenvalue weighted by Crippen LogP contribution is -2.19. The largest absolute Gasteiger partial charge is 0.490 e. The molecule has 0 aliphatic carbocycles. The lowest BCUT2D eigenvalue weighted by Gasteiger charge is -2.17. The van der Waals surface area contributed by atoms with Crippen LogP contribution in [0.1, 0.15) is 51.6 Å². The van der Waals surface area contributed by atoms with E-state index in [1.165, 1.54) is 31.2 Å². The Morgan fingerprint density at radius 3 is 2.35 bits per heavy atom. The van der Waals surface area contributed by atoms with Crippen molar-refractivity contribution in [3.05, 3.63) is 87.4 Å². The van der Waals surface area contributed by atoms with Crippen molar-refractivity contribution < 1.29 is 24.2 Å². The number of carboxylic acid groups (broad SMARTS) is 1. The number of rotatable bonds is 10. The molecular formula is C28H28BrN3O5. The number of carbonyl (C=O) groups excluding carboxylic acids is 1. The van der Waals surface area contributed by atoms with Crippen LogP contribution in [0.4, 0.5) is 5.69 Å². The number of ether oxygens (including phenoxy) is 2. The summed E-state index contributed by atoms with van der Waals surface area (Å²) in [6.45, 7) is 4.65. The molecule has 3 aromatic rings. The van der Waals surface area contributed by atoms with Gasteiger partial charge in [-0.1, -0.05) is 12.1 Å². The zero-order valence-corrected chi connectivity index (χ0v) is 22.0. The lowest BCUT2D eigenvalue weighted by atomic mass is 10.1. The highest BCUT2D eigenvalue weighted by atomic mass is 79.9. The minimum absolute atomic E-state index is 0.217. The first-order valence-electron chi connectivity index (χ1n) is 12.0. The quantitative estimate of drug-likeness (QED) is 0.249. The van der Waals surface area contributed by atoms with E-state index in [0.717, 1.165) is 24.3 Å². The summed E-state index contributed by atoms with van der Waals surface area (Å²) in [4.78, 5) is 25.9. The molecule has 0 aromatic heterocycles. The zero-order chi connectivity index (χ0) is 26.2. The zero-order valence-electron chi connectivity index (χ0n) is 20.4. The van der Waals surface area contributed by atoms with E-state index < -0.39 is 5.97 Å². The van der Waals surface area contributed by atoms with Crippen molar-refractivity contribution in [2.75, 3.05) is 24.6 Å². The molecule has 192 valence electrons. The highest BCUT2D eigenvalue weighted by Crippen LogP contribution is 2.37. The maximum atomic E-state index is 12.5. The molecule has 0 bridgehead atoms. The topological polar surface area (TPSA) is 100 Å². The summed E-state index contributed by atoms with van der Waals surface area (Å²) < 4.78 is 12.4. The number of aromatic carboxylic acids is 1. The second kappa shape index (κ2) is 12.4. The van der Waals surface area contributed by atoms with Crippen LogP contribution in [0.15, 0.2) is 70.2 Å². The Kier molecular flexibility index (Phi) is 8.79.